The first kappa shape index (κ1) is 16.6. The van der Waals surface area contributed by atoms with Crippen LogP contribution in [0.2, 0.25) is 0 Å². The zero-order valence-electron chi connectivity index (χ0n) is 14.4. The lowest BCUT2D eigenvalue weighted by atomic mass is 10.3. The number of nitrogens with one attached hydrogen (secondary N) is 2. The second-order valence-electron chi connectivity index (χ2n) is 5.66. The average molecular weight is 359 g/mol. The van der Waals surface area contributed by atoms with E-state index in [2.05, 4.69) is 25.8 Å². The van der Waals surface area contributed by atoms with Gasteiger partial charge < -0.3 is 19.8 Å². The van der Waals surface area contributed by atoms with Crippen molar-refractivity contribution < 1.29 is 9.15 Å². The highest BCUT2D eigenvalue weighted by Gasteiger charge is 2.03. The Bertz CT molecular complexity index is 973. The van der Waals surface area contributed by atoms with Gasteiger partial charge in [0.2, 0.25) is 5.95 Å². The molecule has 4 aromatic rings. The zero-order valence-corrected chi connectivity index (χ0v) is 14.4. The Labute approximate surface area is 156 Å². The van der Waals surface area contributed by atoms with Gasteiger partial charge in [0.15, 0.2) is 5.82 Å². The van der Waals surface area contributed by atoms with Crippen LogP contribution >= 0.6 is 0 Å². The third-order valence-corrected chi connectivity index (χ3v) is 3.67. The molecule has 0 saturated heterocycles. The predicted octanol–water partition coefficient (Wildman–Crippen LogP) is 4.61. The van der Waals surface area contributed by atoms with Gasteiger partial charge in [-0.2, -0.15) is 10.1 Å². The van der Waals surface area contributed by atoms with Crippen LogP contribution in [0.1, 0.15) is 5.76 Å². The van der Waals surface area contributed by atoms with Crippen LogP contribution in [0.3, 0.4) is 0 Å². The first-order valence-corrected chi connectivity index (χ1v) is 8.41. The number of para-hydroxylation sites is 1. The van der Waals surface area contributed by atoms with Crippen LogP contribution in [0.5, 0.6) is 11.5 Å². The predicted molar refractivity (Wildman–Crippen MR) is 102 cm³/mol. The molecule has 0 bridgehead atoms. The molecule has 0 saturated carbocycles. The van der Waals surface area contributed by atoms with Crippen molar-refractivity contribution in [2.24, 2.45) is 0 Å². The molecule has 0 amide bonds. The van der Waals surface area contributed by atoms with Gasteiger partial charge in [-0.25, -0.2) is 0 Å². The highest BCUT2D eigenvalue weighted by molar-refractivity contribution is 5.55. The first-order valence-electron chi connectivity index (χ1n) is 8.41. The Morgan fingerprint density at radius 1 is 0.889 bits per heavy atom. The highest BCUT2D eigenvalue weighted by Crippen LogP contribution is 2.23. The van der Waals surface area contributed by atoms with Gasteiger partial charge in [0, 0.05) is 5.69 Å². The molecule has 4 rings (SSSR count). The van der Waals surface area contributed by atoms with E-state index in [1.807, 2.05) is 66.7 Å². The average Bonchev–Trinajstić information content (AvgIpc) is 3.23. The Morgan fingerprint density at radius 3 is 2.48 bits per heavy atom. The van der Waals surface area contributed by atoms with Crippen molar-refractivity contribution in [2.75, 3.05) is 10.6 Å². The fourth-order valence-electron chi connectivity index (χ4n) is 2.39. The molecular formula is C20H17N5O2. The summed E-state index contributed by atoms with van der Waals surface area (Å²) >= 11 is 0. The largest absolute Gasteiger partial charge is 0.467 e. The van der Waals surface area contributed by atoms with E-state index in [4.69, 9.17) is 9.15 Å². The number of ether oxygens (including phenoxy) is 1. The van der Waals surface area contributed by atoms with Gasteiger partial charge in [0.05, 0.1) is 19.0 Å². The molecule has 27 heavy (non-hydrogen) atoms. The van der Waals surface area contributed by atoms with E-state index in [-0.39, 0.29) is 0 Å². The molecule has 134 valence electrons. The summed E-state index contributed by atoms with van der Waals surface area (Å²) in [7, 11) is 0. The summed E-state index contributed by atoms with van der Waals surface area (Å²) in [4.78, 5) is 4.39. The van der Waals surface area contributed by atoms with Gasteiger partial charge >= 0.3 is 0 Å². The Kier molecular flexibility index (Phi) is 4.92. The minimum Gasteiger partial charge on any atom is -0.467 e. The van der Waals surface area contributed by atoms with Crippen molar-refractivity contribution in [2.45, 2.75) is 6.54 Å². The normalized spacial score (nSPS) is 10.4. The smallest absolute Gasteiger partial charge is 0.249 e. The van der Waals surface area contributed by atoms with Gasteiger partial charge in [-0.3, -0.25) is 0 Å². The number of hydrogen-bond donors (Lipinski definition) is 2. The molecule has 2 aromatic carbocycles. The third kappa shape index (κ3) is 4.60. The second-order valence-corrected chi connectivity index (χ2v) is 5.66. The molecule has 7 nitrogen and oxygen atoms in total. The van der Waals surface area contributed by atoms with E-state index in [0.29, 0.717) is 18.3 Å². The van der Waals surface area contributed by atoms with Gasteiger partial charge in [-0.15, -0.1) is 5.10 Å². The van der Waals surface area contributed by atoms with Gasteiger partial charge in [-0.1, -0.05) is 18.2 Å². The molecule has 0 aliphatic carbocycles. The van der Waals surface area contributed by atoms with Crippen LogP contribution in [0.4, 0.5) is 17.5 Å². The van der Waals surface area contributed by atoms with Crippen molar-refractivity contribution in [3.63, 3.8) is 0 Å². The summed E-state index contributed by atoms with van der Waals surface area (Å²) in [6.07, 6.45) is 3.19. The molecule has 7 heteroatoms. The molecule has 0 aliphatic heterocycles. The van der Waals surface area contributed by atoms with Crippen LogP contribution in [0.25, 0.3) is 0 Å². The summed E-state index contributed by atoms with van der Waals surface area (Å²) < 4.78 is 11.1. The van der Waals surface area contributed by atoms with Gasteiger partial charge in [0.25, 0.3) is 0 Å². The van der Waals surface area contributed by atoms with E-state index < -0.39 is 0 Å². The van der Waals surface area contributed by atoms with Crippen LogP contribution in [0.15, 0.2) is 83.6 Å². The molecule has 0 aliphatic rings. The summed E-state index contributed by atoms with van der Waals surface area (Å²) in [6.45, 7) is 0.524. The quantitative estimate of drug-likeness (QED) is 0.498. The lowest BCUT2D eigenvalue weighted by Crippen LogP contribution is -2.05. The number of rotatable bonds is 7. The Hall–Kier alpha value is -3.87. The van der Waals surface area contributed by atoms with Crippen LogP contribution in [-0.4, -0.2) is 15.2 Å². The third-order valence-electron chi connectivity index (χ3n) is 3.67. The SMILES string of the molecule is c1ccc(Oc2ccc(Nc3nncc(NCc4ccco4)n3)cc2)cc1. The molecular weight excluding hydrogens is 342 g/mol. The number of anilines is 3. The van der Waals surface area contributed by atoms with Crippen LogP contribution in [0, 0.1) is 0 Å². The number of benzene rings is 2. The monoisotopic (exact) mass is 359 g/mol. The Balaban J connectivity index is 1.38. The summed E-state index contributed by atoms with van der Waals surface area (Å²) in [6, 6.07) is 20.9. The lowest BCUT2D eigenvalue weighted by molar-refractivity contribution is 0.483. The van der Waals surface area contributed by atoms with E-state index in [1.54, 1.807) is 12.5 Å². The molecule has 0 atom stereocenters. The Morgan fingerprint density at radius 2 is 1.70 bits per heavy atom. The summed E-state index contributed by atoms with van der Waals surface area (Å²) in [5.74, 6) is 3.36. The number of furan rings is 1. The maximum absolute atomic E-state index is 5.78. The summed E-state index contributed by atoms with van der Waals surface area (Å²) in [5.41, 5.74) is 0.834. The number of nitrogens with zero attached hydrogens (tertiary/aromatic N) is 3. The minimum atomic E-state index is 0.399. The van der Waals surface area contributed by atoms with E-state index >= 15 is 0 Å². The minimum absolute atomic E-state index is 0.399. The standard InChI is InChI=1S/C20H17N5O2/c1-2-5-16(6-3-1)27-17-10-8-15(9-11-17)23-20-24-19(14-22-25-20)21-13-18-7-4-12-26-18/h1-12,14H,13H2,(H2,21,23,24,25). The lowest BCUT2D eigenvalue weighted by Gasteiger charge is -2.08. The van der Waals surface area contributed by atoms with E-state index in [9.17, 15) is 0 Å². The number of aromatic nitrogens is 3. The van der Waals surface area contributed by atoms with Crippen molar-refractivity contribution in [3.8, 4) is 11.5 Å². The molecule has 0 fully saturated rings. The van der Waals surface area contributed by atoms with Crippen molar-refractivity contribution in [1.29, 1.82) is 0 Å². The molecule has 2 aromatic heterocycles. The zero-order chi connectivity index (χ0) is 18.3. The summed E-state index contributed by atoms with van der Waals surface area (Å²) in [5, 5.41) is 14.2. The molecule has 2 heterocycles. The topological polar surface area (TPSA) is 85.1 Å². The van der Waals surface area contributed by atoms with E-state index in [0.717, 1.165) is 22.9 Å². The molecule has 0 spiro atoms. The van der Waals surface area contributed by atoms with Crippen molar-refractivity contribution in [3.05, 3.63) is 85.0 Å². The van der Waals surface area contributed by atoms with Gasteiger partial charge in [-0.05, 0) is 48.5 Å². The van der Waals surface area contributed by atoms with E-state index in [1.165, 1.54) is 0 Å². The fourth-order valence-corrected chi connectivity index (χ4v) is 2.39. The maximum atomic E-state index is 5.78. The van der Waals surface area contributed by atoms with Crippen molar-refractivity contribution in [1.82, 2.24) is 15.2 Å². The first-order chi connectivity index (χ1) is 13.3. The fraction of sp³-hybridized carbons (Fsp3) is 0.0500. The maximum Gasteiger partial charge on any atom is 0.249 e. The molecule has 0 unspecified atom stereocenters. The van der Waals surface area contributed by atoms with Crippen LogP contribution in [-0.2, 0) is 6.54 Å². The molecule has 0 radical (unpaired) electrons. The second kappa shape index (κ2) is 8.01. The number of hydrogen-bond acceptors (Lipinski definition) is 7. The van der Waals surface area contributed by atoms with Crippen LogP contribution < -0.4 is 15.4 Å². The van der Waals surface area contributed by atoms with Crippen molar-refractivity contribution >= 4 is 17.5 Å². The highest BCUT2D eigenvalue weighted by atomic mass is 16.5. The molecule has 2 N–H and O–H groups in total. The van der Waals surface area contributed by atoms with Gasteiger partial charge in [0.1, 0.15) is 17.3 Å².